The second-order valence-electron chi connectivity index (χ2n) is 5.01. The van der Waals surface area contributed by atoms with Crippen LogP contribution in [-0.2, 0) is 19.6 Å². The lowest BCUT2D eigenvalue weighted by Gasteiger charge is -2.05. The molecule has 0 aliphatic rings. The maximum absolute atomic E-state index is 10.9. The van der Waals surface area contributed by atoms with Gasteiger partial charge in [0.15, 0.2) is 0 Å². The van der Waals surface area contributed by atoms with E-state index in [1.807, 2.05) is 20.8 Å². The van der Waals surface area contributed by atoms with E-state index in [0.717, 1.165) is 5.56 Å². The van der Waals surface area contributed by atoms with Gasteiger partial charge >= 0.3 is 5.97 Å². The summed E-state index contributed by atoms with van der Waals surface area (Å²) in [6.07, 6.45) is 4.30. The first-order chi connectivity index (χ1) is 10.7. The third kappa shape index (κ3) is 11.5. The average molecular weight is 344 g/mol. The summed E-state index contributed by atoms with van der Waals surface area (Å²) in [7, 11) is -4.02. The Labute approximate surface area is 137 Å². The lowest BCUT2D eigenvalue weighted by Crippen LogP contribution is -2.09. The van der Waals surface area contributed by atoms with Gasteiger partial charge in [0, 0.05) is 6.61 Å². The van der Waals surface area contributed by atoms with Gasteiger partial charge in [-0.25, -0.2) is 0 Å². The van der Waals surface area contributed by atoms with E-state index in [0.29, 0.717) is 6.42 Å². The van der Waals surface area contributed by atoms with E-state index in [9.17, 15) is 13.2 Å². The first kappa shape index (κ1) is 21.3. The molecular formula is C16H24O6S. The van der Waals surface area contributed by atoms with Gasteiger partial charge in [0.25, 0.3) is 10.1 Å². The van der Waals surface area contributed by atoms with Crippen LogP contribution >= 0.6 is 0 Å². The molecule has 1 rings (SSSR count). The van der Waals surface area contributed by atoms with Crippen molar-refractivity contribution in [2.24, 2.45) is 0 Å². The molecule has 0 saturated carbocycles. The third-order valence-corrected chi connectivity index (χ3v) is 3.30. The molecule has 0 atom stereocenters. The van der Waals surface area contributed by atoms with Crippen molar-refractivity contribution < 1.29 is 27.6 Å². The van der Waals surface area contributed by atoms with E-state index >= 15 is 0 Å². The zero-order chi connectivity index (χ0) is 17.9. The lowest BCUT2D eigenvalue weighted by atomic mass is 10.2. The van der Waals surface area contributed by atoms with Gasteiger partial charge in [-0.1, -0.05) is 29.8 Å². The minimum absolute atomic E-state index is 0.0521. The Morgan fingerprint density at radius 3 is 2.22 bits per heavy atom. The van der Waals surface area contributed by atoms with E-state index in [1.54, 1.807) is 24.3 Å². The first-order valence-corrected chi connectivity index (χ1v) is 8.60. The summed E-state index contributed by atoms with van der Waals surface area (Å²) in [4.78, 5) is 10.8. The van der Waals surface area contributed by atoms with Gasteiger partial charge in [0.1, 0.15) is 0 Å². The number of hydrogen-bond donors (Lipinski definition) is 2. The standard InChI is InChI=1S/C9H16O3.C7H8O3S/c1-8(2)12-9(11)6-4-3-5-7-10;1-6-2-4-7(5-3-6)11(8,9)10/h3-4,8,10H,5-7H2,1-2H3;2-5H,1H3,(H,8,9,10)/b4-3-;. The molecule has 6 nitrogen and oxygen atoms in total. The molecular weight excluding hydrogens is 320 g/mol. The number of rotatable bonds is 6. The van der Waals surface area contributed by atoms with Crippen LogP contribution in [0.3, 0.4) is 0 Å². The van der Waals surface area contributed by atoms with Crippen molar-refractivity contribution in [3.8, 4) is 0 Å². The SMILES string of the molecule is CC(C)OC(=O)C/C=C\CCO.Cc1ccc(S(=O)(=O)O)cc1. The number of aliphatic hydroxyl groups is 1. The van der Waals surface area contributed by atoms with Gasteiger partial charge in [-0.05, 0) is 39.3 Å². The number of hydrogen-bond acceptors (Lipinski definition) is 5. The lowest BCUT2D eigenvalue weighted by molar-refractivity contribution is -0.146. The Morgan fingerprint density at radius 2 is 1.78 bits per heavy atom. The zero-order valence-electron chi connectivity index (χ0n) is 13.6. The zero-order valence-corrected chi connectivity index (χ0v) is 14.4. The van der Waals surface area contributed by atoms with Crippen LogP contribution in [0.2, 0.25) is 0 Å². The Kier molecular flexibility index (Phi) is 10.1. The van der Waals surface area contributed by atoms with Gasteiger partial charge in [0.05, 0.1) is 17.4 Å². The van der Waals surface area contributed by atoms with Crippen LogP contribution in [0.15, 0.2) is 41.3 Å². The molecule has 0 aliphatic carbocycles. The second-order valence-corrected chi connectivity index (χ2v) is 6.44. The molecule has 7 heteroatoms. The van der Waals surface area contributed by atoms with Crippen LogP contribution < -0.4 is 0 Å². The summed E-state index contributed by atoms with van der Waals surface area (Å²) in [5.41, 5.74) is 0.956. The third-order valence-electron chi connectivity index (χ3n) is 2.43. The summed E-state index contributed by atoms with van der Waals surface area (Å²) >= 11 is 0. The van der Waals surface area contributed by atoms with Gasteiger partial charge in [-0.3, -0.25) is 9.35 Å². The molecule has 1 aromatic rings. The molecule has 0 aromatic heterocycles. The maximum Gasteiger partial charge on any atom is 0.309 e. The molecule has 0 spiro atoms. The molecule has 0 radical (unpaired) electrons. The van der Waals surface area contributed by atoms with Crippen molar-refractivity contribution in [1.29, 1.82) is 0 Å². The van der Waals surface area contributed by atoms with E-state index in [1.165, 1.54) is 12.1 Å². The largest absolute Gasteiger partial charge is 0.463 e. The van der Waals surface area contributed by atoms with Crippen LogP contribution in [-0.4, -0.2) is 36.8 Å². The number of benzene rings is 1. The Bertz CT molecular complexity index is 588. The van der Waals surface area contributed by atoms with E-state index in [4.69, 9.17) is 14.4 Å². The molecule has 23 heavy (non-hydrogen) atoms. The minimum atomic E-state index is -4.02. The Hall–Kier alpha value is -1.70. The van der Waals surface area contributed by atoms with Gasteiger partial charge in [-0.15, -0.1) is 0 Å². The van der Waals surface area contributed by atoms with Crippen molar-refractivity contribution in [3.05, 3.63) is 42.0 Å². The van der Waals surface area contributed by atoms with Crippen molar-refractivity contribution >= 4 is 16.1 Å². The molecule has 0 bridgehead atoms. The van der Waals surface area contributed by atoms with E-state index < -0.39 is 10.1 Å². The van der Waals surface area contributed by atoms with Gasteiger partial charge in [-0.2, -0.15) is 8.42 Å². The van der Waals surface area contributed by atoms with Crippen LogP contribution in [0.1, 0.15) is 32.3 Å². The van der Waals surface area contributed by atoms with Crippen molar-refractivity contribution in [3.63, 3.8) is 0 Å². The summed E-state index contributed by atoms with van der Waals surface area (Å²) in [5.74, 6) is -0.223. The molecule has 0 heterocycles. The number of esters is 1. The minimum Gasteiger partial charge on any atom is -0.463 e. The molecule has 0 unspecified atom stereocenters. The fraction of sp³-hybridized carbons (Fsp3) is 0.438. The van der Waals surface area contributed by atoms with Crippen molar-refractivity contribution in [1.82, 2.24) is 0 Å². The number of ether oxygens (including phenoxy) is 1. The molecule has 0 amide bonds. The van der Waals surface area contributed by atoms with Gasteiger partial charge < -0.3 is 9.84 Å². The smallest absolute Gasteiger partial charge is 0.309 e. The number of carbonyl (C=O) groups is 1. The Morgan fingerprint density at radius 1 is 1.22 bits per heavy atom. The highest BCUT2D eigenvalue weighted by molar-refractivity contribution is 7.85. The second kappa shape index (κ2) is 10.9. The topological polar surface area (TPSA) is 101 Å². The van der Waals surface area contributed by atoms with Crippen LogP contribution in [0.25, 0.3) is 0 Å². The maximum atomic E-state index is 10.9. The molecule has 130 valence electrons. The number of carbonyl (C=O) groups excluding carboxylic acids is 1. The highest BCUT2D eigenvalue weighted by atomic mass is 32.2. The predicted octanol–water partition coefficient (Wildman–Crippen LogP) is 2.51. The molecule has 0 aliphatic heterocycles. The van der Waals surface area contributed by atoms with Crippen molar-refractivity contribution in [2.45, 2.75) is 44.6 Å². The predicted molar refractivity (Wildman–Crippen MR) is 87.7 cm³/mol. The summed E-state index contributed by atoms with van der Waals surface area (Å²) in [5, 5.41) is 8.41. The molecule has 2 N–H and O–H groups in total. The van der Waals surface area contributed by atoms with Crippen LogP contribution in [0.4, 0.5) is 0 Å². The van der Waals surface area contributed by atoms with Gasteiger partial charge in [0.2, 0.25) is 0 Å². The Balaban J connectivity index is 0.000000422. The van der Waals surface area contributed by atoms with Crippen LogP contribution in [0, 0.1) is 6.92 Å². The quantitative estimate of drug-likeness (QED) is 0.467. The first-order valence-electron chi connectivity index (χ1n) is 7.16. The monoisotopic (exact) mass is 344 g/mol. The summed E-state index contributed by atoms with van der Waals surface area (Å²) in [6, 6.07) is 5.99. The van der Waals surface area contributed by atoms with E-state index in [-0.39, 0.29) is 30.0 Å². The summed E-state index contributed by atoms with van der Waals surface area (Å²) < 4.78 is 34.4. The van der Waals surface area contributed by atoms with Crippen molar-refractivity contribution in [2.75, 3.05) is 6.61 Å². The highest BCUT2D eigenvalue weighted by Gasteiger charge is 2.06. The summed E-state index contributed by atoms with van der Waals surface area (Å²) in [6.45, 7) is 5.59. The van der Waals surface area contributed by atoms with Crippen LogP contribution in [0.5, 0.6) is 0 Å². The molecule has 1 aromatic carbocycles. The fourth-order valence-corrected chi connectivity index (χ4v) is 1.87. The number of aliphatic hydroxyl groups excluding tert-OH is 1. The molecule has 0 saturated heterocycles. The normalized spacial score (nSPS) is 11.2. The highest BCUT2D eigenvalue weighted by Crippen LogP contribution is 2.08. The average Bonchev–Trinajstić information content (AvgIpc) is 2.43. The number of aryl methyl sites for hydroxylation is 1. The molecule has 0 fully saturated rings. The van der Waals surface area contributed by atoms with E-state index in [2.05, 4.69) is 0 Å². The fourth-order valence-electron chi connectivity index (χ4n) is 1.39.